The van der Waals surface area contributed by atoms with Crippen molar-refractivity contribution < 1.29 is 19.3 Å². The first kappa shape index (κ1) is 16.9. The molecule has 3 rings (SSSR count). The number of amides is 2. The van der Waals surface area contributed by atoms with E-state index in [-0.39, 0.29) is 18.5 Å². The number of hydrogen-bond donors (Lipinski definition) is 3. The van der Waals surface area contributed by atoms with E-state index in [0.717, 1.165) is 11.3 Å². The van der Waals surface area contributed by atoms with Gasteiger partial charge in [0.2, 0.25) is 0 Å². The second-order valence-corrected chi connectivity index (χ2v) is 6.34. The molecular weight excluding hydrogens is 338 g/mol. The predicted molar refractivity (Wildman–Crippen MR) is 95.3 cm³/mol. The van der Waals surface area contributed by atoms with Crippen LogP contribution in [-0.2, 0) is 4.79 Å². The maximum atomic E-state index is 12.3. The second-order valence-electron chi connectivity index (χ2n) is 5.42. The molecule has 128 valence electrons. The van der Waals surface area contributed by atoms with E-state index in [1.165, 1.54) is 11.3 Å². The molecule has 5 N–H and O–H groups in total. The Balaban J connectivity index is 1.68. The van der Waals surface area contributed by atoms with Crippen molar-refractivity contribution in [1.29, 1.82) is 0 Å². The third-order valence-electron chi connectivity index (χ3n) is 3.73. The fourth-order valence-corrected chi connectivity index (χ4v) is 3.36. The number of furan rings is 1. The van der Waals surface area contributed by atoms with E-state index in [4.69, 9.17) is 10.2 Å². The molecule has 25 heavy (non-hydrogen) atoms. The van der Waals surface area contributed by atoms with Gasteiger partial charge in [0.1, 0.15) is 5.00 Å². The maximum absolute atomic E-state index is 12.3. The molecule has 0 spiro atoms. The zero-order valence-corrected chi connectivity index (χ0v) is 14.2. The van der Waals surface area contributed by atoms with Gasteiger partial charge in [-0.2, -0.15) is 0 Å². The Hall–Kier alpha value is -2.90. The summed E-state index contributed by atoms with van der Waals surface area (Å²) >= 11 is 1.27. The van der Waals surface area contributed by atoms with Crippen molar-refractivity contribution in [3.63, 3.8) is 0 Å². The van der Waals surface area contributed by atoms with Crippen LogP contribution in [0.3, 0.4) is 0 Å². The first-order valence-electron chi connectivity index (χ1n) is 7.74. The first-order valence-corrected chi connectivity index (χ1v) is 8.62. The third-order valence-corrected chi connectivity index (χ3v) is 4.56. The van der Waals surface area contributed by atoms with Gasteiger partial charge in [-0.15, -0.1) is 11.3 Å². The monoisotopic (exact) mass is 356 g/mol. The van der Waals surface area contributed by atoms with E-state index in [1.807, 2.05) is 47.8 Å². The van der Waals surface area contributed by atoms with Crippen molar-refractivity contribution >= 4 is 28.2 Å². The van der Waals surface area contributed by atoms with E-state index in [1.54, 1.807) is 17.7 Å². The number of carbonyl (C=O) groups is 2. The van der Waals surface area contributed by atoms with Crippen LogP contribution in [0.2, 0.25) is 0 Å². The number of quaternary nitrogens is 1. The zero-order chi connectivity index (χ0) is 17.6. The van der Waals surface area contributed by atoms with Crippen LogP contribution in [0.15, 0.2) is 64.6 Å². The number of rotatable bonds is 7. The molecule has 1 atom stereocenters. The van der Waals surface area contributed by atoms with Gasteiger partial charge >= 0.3 is 0 Å². The highest BCUT2D eigenvalue weighted by molar-refractivity contribution is 7.14. The molecule has 2 aromatic heterocycles. The Morgan fingerprint density at radius 3 is 2.64 bits per heavy atom. The molecule has 6 nitrogen and oxygen atoms in total. The Morgan fingerprint density at radius 2 is 1.96 bits per heavy atom. The van der Waals surface area contributed by atoms with E-state index < -0.39 is 5.91 Å². The molecule has 3 aromatic rings. The minimum absolute atomic E-state index is 0.124. The minimum atomic E-state index is -0.557. The van der Waals surface area contributed by atoms with Gasteiger partial charge in [-0.25, -0.2) is 0 Å². The molecule has 0 fully saturated rings. The molecule has 0 aliphatic rings. The molecular formula is C18H18N3O3S+. The van der Waals surface area contributed by atoms with E-state index in [9.17, 15) is 9.59 Å². The Bertz CT molecular complexity index is 844. The number of anilines is 1. The molecule has 0 bridgehead atoms. The number of nitrogens with two attached hydrogens (primary N) is 2. The van der Waals surface area contributed by atoms with Crippen molar-refractivity contribution in [1.82, 2.24) is 0 Å². The summed E-state index contributed by atoms with van der Waals surface area (Å²) in [5.74, 6) is 0.00339. The number of nitrogens with one attached hydrogen (secondary N) is 1. The van der Waals surface area contributed by atoms with Crippen LogP contribution in [0.4, 0.5) is 5.00 Å². The van der Waals surface area contributed by atoms with Crippen molar-refractivity contribution in [2.75, 3.05) is 11.9 Å². The van der Waals surface area contributed by atoms with Gasteiger partial charge in [0.15, 0.2) is 18.3 Å². The molecule has 0 saturated carbocycles. The third kappa shape index (κ3) is 4.14. The lowest BCUT2D eigenvalue weighted by Crippen LogP contribution is -2.87. The number of primary amides is 1. The van der Waals surface area contributed by atoms with Crippen LogP contribution in [0, 0.1) is 0 Å². The van der Waals surface area contributed by atoms with Gasteiger partial charge in [-0.3, -0.25) is 9.59 Å². The SMILES string of the molecule is NC(=O)c1ccsc1NC(=O)C[NH2+][C@H](c1ccccc1)c1ccco1. The molecule has 2 heterocycles. The smallest absolute Gasteiger partial charge is 0.280 e. The highest BCUT2D eigenvalue weighted by Crippen LogP contribution is 2.22. The number of hydrogen-bond acceptors (Lipinski definition) is 4. The predicted octanol–water partition coefficient (Wildman–Crippen LogP) is 1.73. The topological polar surface area (TPSA) is 102 Å². The summed E-state index contributed by atoms with van der Waals surface area (Å²) in [5.41, 5.74) is 6.66. The Kier molecular flexibility index (Phi) is 5.27. The number of carbonyl (C=O) groups excluding carboxylic acids is 2. The lowest BCUT2D eigenvalue weighted by atomic mass is 10.0. The highest BCUT2D eigenvalue weighted by atomic mass is 32.1. The lowest BCUT2D eigenvalue weighted by molar-refractivity contribution is -0.678. The molecule has 0 radical (unpaired) electrons. The second kappa shape index (κ2) is 7.78. The molecule has 0 unspecified atom stereocenters. The van der Waals surface area contributed by atoms with Crippen LogP contribution in [0.5, 0.6) is 0 Å². The summed E-state index contributed by atoms with van der Waals surface area (Å²) in [4.78, 5) is 23.6. The van der Waals surface area contributed by atoms with Gasteiger partial charge < -0.3 is 20.8 Å². The standard InChI is InChI=1S/C18H17N3O3S/c19-17(23)13-8-10-25-18(13)21-15(22)11-20-16(14-7-4-9-24-14)12-5-2-1-3-6-12/h1-10,16,20H,11H2,(H2,19,23)(H,21,22)/p+1/t16-/m1/s1. The number of benzene rings is 1. The van der Waals surface area contributed by atoms with Gasteiger partial charge in [-0.1, -0.05) is 30.3 Å². The normalized spacial score (nSPS) is 11.8. The van der Waals surface area contributed by atoms with Gasteiger partial charge in [0.25, 0.3) is 11.8 Å². The summed E-state index contributed by atoms with van der Waals surface area (Å²) in [6.07, 6.45) is 1.62. The fourth-order valence-electron chi connectivity index (χ4n) is 2.55. The van der Waals surface area contributed by atoms with Crippen LogP contribution in [-0.4, -0.2) is 18.4 Å². The Morgan fingerprint density at radius 1 is 1.16 bits per heavy atom. The largest absolute Gasteiger partial charge is 0.463 e. The van der Waals surface area contributed by atoms with Crippen LogP contribution in [0.25, 0.3) is 0 Å². The quantitative estimate of drug-likeness (QED) is 0.601. The molecule has 1 aromatic carbocycles. The van der Waals surface area contributed by atoms with Crippen molar-refractivity contribution in [2.24, 2.45) is 5.73 Å². The van der Waals surface area contributed by atoms with Crippen molar-refractivity contribution in [2.45, 2.75) is 6.04 Å². The van der Waals surface area contributed by atoms with Gasteiger partial charge in [0.05, 0.1) is 11.8 Å². The molecule has 0 saturated heterocycles. The van der Waals surface area contributed by atoms with Crippen molar-refractivity contribution in [3.05, 3.63) is 77.1 Å². The summed E-state index contributed by atoms with van der Waals surface area (Å²) in [5, 5.41) is 6.82. The Labute approximate surface area is 148 Å². The molecule has 0 aliphatic heterocycles. The van der Waals surface area contributed by atoms with Crippen molar-refractivity contribution in [3.8, 4) is 0 Å². The van der Waals surface area contributed by atoms with Crippen LogP contribution >= 0.6 is 11.3 Å². The van der Waals surface area contributed by atoms with Gasteiger partial charge in [-0.05, 0) is 23.6 Å². The average Bonchev–Trinajstić information content (AvgIpc) is 3.28. The number of thiophene rings is 1. The summed E-state index contributed by atoms with van der Waals surface area (Å²) in [6.45, 7) is 0.177. The first-order chi connectivity index (χ1) is 12.1. The van der Waals surface area contributed by atoms with E-state index >= 15 is 0 Å². The highest BCUT2D eigenvalue weighted by Gasteiger charge is 2.22. The summed E-state index contributed by atoms with van der Waals surface area (Å²) in [7, 11) is 0. The average molecular weight is 356 g/mol. The minimum Gasteiger partial charge on any atom is -0.463 e. The molecule has 7 heteroatoms. The van der Waals surface area contributed by atoms with Crippen LogP contribution in [0.1, 0.15) is 27.7 Å². The summed E-state index contributed by atoms with van der Waals surface area (Å²) < 4.78 is 5.52. The molecule has 0 aliphatic carbocycles. The van der Waals surface area contributed by atoms with E-state index in [2.05, 4.69) is 5.32 Å². The summed E-state index contributed by atoms with van der Waals surface area (Å²) in [6, 6.07) is 15.0. The maximum Gasteiger partial charge on any atom is 0.280 e. The van der Waals surface area contributed by atoms with Crippen LogP contribution < -0.4 is 16.4 Å². The molecule has 2 amide bonds. The zero-order valence-electron chi connectivity index (χ0n) is 13.3. The fraction of sp³-hybridized carbons (Fsp3) is 0.111. The van der Waals surface area contributed by atoms with E-state index in [0.29, 0.717) is 10.6 Å². The lowest BCUT2D eigenvalue weighted by Gasteiger charge is -2.13. The van der Waals surface area contributed by atoms with Gasteiger partial charge in [0, 0.05) is 5.56 Å².